The summed E-state index contributed by atoms with van der Waals surface area (Å²) >= 11 is 0. The lowest BCUT2D eigenvalue weighted by molar-refractivity contribution is -0.141. The zero-order valence-electron chi connectivity index (χ0n) is 12.6. The fourth-order valence-electron chi connectivity index (χ4n) is 2.18. The molecule has 0 aromatic heterocycles. The minimum atomic E-state index is -0.938. The number of methoxy groups -OCH3 is 1. The van der Waals surface area contributed by atoms with Gasteiger partial charge in [-0.05, 0) is 26.7 Å². The Hall–Kier alpha value is -1.30. The molecular weight excluding hydrogens is 246 g/mol. The molecule has 0 spiro atoms. The first-order valence-corrected chi connectivity index (χ1v) is 6.69. The Morgan fingerprint density at radius 2 is 1.95 bits per heavy atom. The number of oxime groups is 1. The molecule has 6 nitrogen and oxygen atoms in total. The molecule has 112 valence electrons. The van der Waals surface area contributed by atoms with E-state index >= 15 is 0 Å². The highest BCUT2D eigenvalue weighted by Gasteiger charge is 2.43. The van der Waals surface area contributed by atoms with Crippen molar-refractivity contribution in [1.82, 2.24) is 4.90 Å². The lowest BCUT2D eigenvalue weighted by Gasteiger charge is -2.37. The van der Waals surface area contributed by atoms with Crippen LogP contribution in [0.25, 0.3) is 0 Å². The number of hydrogen-bond acceptors (Lipinski definition) is 4. The van der Waals surface area contributed by atoms with E-state index < -0.39 is 5.41 Å². The predicted molar refractivity (Wildman–Crippen MR) is 75.1 cm³/mol. The maximum absolute atomic E-state index is 12.8. The average molecular weight is 273 g/mol. The van der Waals surface area contributed by atoms with Crippen LogP contribution in [0.3, 0.4) is 0 Å². The predicted octanol–water partition coefficient (Wildman–Crippen LogP) is 1.42. The molecule has 0 radical (unpaired) electrons. The highest BCUT2D eigenvalue weighted by atomic mass is 16.5. The molecule has 0 aromatic carbocycles. The molecule has 1 amide bonds. The van der Waals surface area contributed by atoms with E-state index in [1.807, 2.05) is 27.7 Å². The summed E-state index contributed by atoms with van der Waals surface area (Å²) in [5, 5.41) is 12.0. The van der Waals surface area contributed by atoms with Gasteiger partial charge in [0.15, 0.2) is 5.84 Å². The Morgan fingerprint density at radius 1 is 1.42 bits per heavy atom. The Labute approximate surface area is 115 Å². The third-order valence-corrected chi connectivity index (χ3v) is 3.64. The maximum atomic E-state index is 12.8. The number of rotatable bonds is 8. The Bertz CT molecular complexity index is 312. The van der Waals surface area contributed by atoms with Crippen LogP contribution in [0.15, 0.2) is 5.16 Å². The highest BCUT2D eigenvalue weighted by Crippen LogP contribution is 2.30. The van der Waals surface area contributed by atoms with Crippen LogP contribution in [0, 0.1) is 5.41 Å². The molecule has 0 aliphatic heterocycles. The molecule has 0 heterocycles. The van der Waals surface area contributed by atoms with Crippen molar-refractivity contribution in [1.29, 1.82) is 0 Å². The number of amidine groups is 1. The van der Waals surface area contributed by atoms with Gasteiger partial charge in [-0.1, -0.05) is 19.0 Å². The fourth-order valence-corrected chi connectivity index (χ4v) is 2.18. The Balaban J connectivity index is 5.36. The maximum Gasteiger partial charge on any atom is 0.236 e. The van der Waals surface area contributed by atoms with Crippen LogP contribution in [0.5, 0.6) is 0 Å². The quantitative estimate of drug-likeness (QED) is 0.303. The van der Waals surface area contributed by atoms with Crippen molar-refractivity contribution in [2.24, 2.45) is 16.3 Å². The van der Waals surface area contributed by atoms with Gasteiger partial charge >= 0.3 is 0 Å². The largest absolute Gasteiger partial charge is 0.409 e. The number of ether oxygens (including phenoxy) is 1. The summed E-state index contributed by atoms with van der Waals surface area (Å²) in [7, 11) is 1.60. The zero-order chi connectivity index (χ0) is 15.1. The SMILES string of the molecule is CCC(CC)(C(=O)N(CCOC)C(C)C)C(N)=NO. The van der Waals surface area contributed by atoms with Crippen LogP contribution in [-0.4, -0.2) is 48.2 Å². The first-order chi connectivity index (χ1) is 8.91. The van der Waals surface area contributed by atoms with Crippen LogP contribution in [0.2, 0.25) is 0 Å². The molecule has 0 aliphatic rings. The summed E-state index contributed by atoms with van der Waals surface area (Å²) in [6, 6.07) is 0.0339. The second kappa shape index (κ2) is 7.99. The van der Waals surface area contributed by atoms with Crippen molar-refractivity contribution >= 4 is 11.7 Å². The van der Waals surface area contributed by atoms with E-state index in [1.165, 1.54) is 0 Å². The van der Waals surface area contributed by atoms with Crippen molar-refractivity contribution in [3.05, 3.63) is 0 Å². The molecule has 0 rings (SSSR count). The lowest BCUT2D eigenvalue weighted by atomic mass is 9.79. The number of carbonyl (C=O) groups is 1. The lowest BCUT2D eigenvalue weighted by Crippen LogP contribution is -2.53. The highest BCUT2D eigenvalue weighted by molar-refractivity contribution is 6.06. The molecule has 0 atom stereocenters. The molecule has 0 unspecified atom stereocenters. The van der Waals surface area contributed by atoms with Gasteiger partial charge in [-0.15, -0.1) is 0 Å². The summed E-state index contributed by atoms with van der Waals surface area (Å²) in [5.74, 6) is -0.134. The molecule has 3 N–H and O–H groups in total. The molecule has 0 saturated heterocycles. The van der Waals surface area contributed by atoms with Gasteiger partial charge in [-0.2, -0.15) is 0 Å². The third-order valence-electron chi connectivity index (χ3n) is 3.64. The molecule has 0 aliphatic carbocycles. The minimum Gasteiger partial charge on any atom is -0.409 e. The summed E-state index contributed by atoms with van der Waals surface area (Å²) < 4.78 is 5.03. The van der Waals surface area contributed by atoms with Gasteiger partial charge in [0.2, 0.25) is 5.91 Å². The van der Waals surface area contributed by atoms with E-state index in [1.54, 1.807) is 12.0 Å². The first kappa shape index (κ1) is 17.7. The Morgan fingerprint density at radius 3 is 2.26 bits per heavy atom. The molecule has 0 saturated carbocycles. The van der Waals surface area contributed by atoms with Crippen molar-refractivity contribution in [3.63, 3.8) is 0 Å². The van der Waals surface area contributed by atoms with Gasteiger partial charge in [0, 0.05) is 19.7 Å². The second-order valence-electron chi connectivity index (χ2n) is 4.86. The topological polar surface area (TPSA) is 88.2 Å². The van der Waals surface area contributed by atoms with E-state index in [0.29, 0.717) is 26.0 Å². The fraction of sp³-hybridized carbons (Fsp3) is 0.846. The second-order valence-corrected chi connectivity index (χ2v) is 4.86. The van der Waals surface area contributed by atoms with Crippen LogP contribution in [0.1, 0.15) is 40.5 Å². The van der Waals surface area contributed by atoms with Crippen LogP contribution < -0.4 is 5.73 Å². The average Bonchev–Trinajstić information content (AvgIpc) is 2.40. The molecule has 0 aromatic rings. The normalized spacial score (nSPS) is 12.8. The van der Waals surface area contributed by atoms with E-state index in [4.69, 9.17) is 15.7 Å². The zero-order valence-corrected chi connectivity index (χ0v) is 12.6. The summed E-state index contributed by atoms with van der Waals surface area (Å²) in [4.78, 5) is 14.5. The number of carbonyl (C=O) groups excluding carboxylic acids is 1. The van der Waals surface area contributed by atoms with Gasteiger partial charge < -0.3 is 20.6 Å². The first-order valence-electron chi connectivity index (χ1n) is 6.69. The van der Waals surface area contributed by atoms with Gasteiger partial charge in [0.05, 0.1) is 6.61 Å². The molecule has 0 bridgehead atoms. The van der Waals surface area contributed by atoms with Crippen molar-refractivity contribution < 1.29 is 14.7 Å². The van der Waals surface area contributed by atoms with Gasteiger partial charge in [-0.3, -0.25) is 4.79 Å². The van der Waals surface area contributed by atoms with Crippen LogP contribution in [-0.2, 0) is 9.53 Å². The summed E-state index contributed by atoms with van der Waals surface area (Å²) in [5.41, 5.74) is 4.82. The molecule has 6 heteroatoms. The van der Waals surface area contributed by atoms with Gasteiger partial charge in [0.1, 0.15) is 5.41 Å². The minimum absolute atomic E-state index is 0.0226. The van der Waals surface area contributed by atoms with Crippen LogP contribution in [0.4, 0.5) is 0 Å². The van der Waals surface area contributed by atoms with E-state index in [-0.39, 0.29) is 17.8 Å². The number of nitrogens with two attached hydrogens (primary N) is 1. The third kappa shape index (κ3) is 3.83. The smallest absolute Gasteiger partial charge is 0.236 e. The van der Waals surface area contributed by atoms with E-state index in [9.17, 15) is 4.79 Å². The number of hydrogen-bond donors (Lipinski definition) is 2. The Kier molecular flexibility index (Phi) is 7.44. The van der Waals surface area contributed by atoms with E-state index in [2.05, 4.69) is 5.16 Å². The molecule has 0 fully saturated rings. The van der Waals surface area contributed by atoms with Crippen molar-refractivity contribution in [2.45, 2.75) is 46.6 Å². The van der Waals surface area contributed by atoms with Gasteiger partial charge in [-0.25, -0.2) is 0 Å². The van der Waals surface area contributed by atoms with Gasteiger partial charge in [0.25, 0.3) is 0 Å². The standard InChI is InChI=1S/C13H27N3O3/c1-6-13(7-2,11(14)15-18)12(17)16(10(3)4)8-9-19-5/h10,18H,6-9H2,1-5H3,(H2,14,15). The molecule has 19 heavy (non-hydrogen) atoms. The van der Waals surface area contributed by atoms with Crippen LogP contribution >= 0.6 is 0 Å². The summed E-state index contributed by atoms with van der Waals surface area (Å²) in [6.45, 7) is 8.57. The number of nitrogens with zero attached hydrogens (tertiary/aromatic N) is 2. The number of amides is 1. The van der Waals surface area contributed by atoms with Crippen molar-refractivity contribution in [2.75, 3.05) is 20.3 Å². The monoisotopic (exact) mass is 273 g/mol. The van der Waals surface area contributed by atoms with Crippen molar-refractivity contribution in [3.8, 4) is 0 Å². The van der Waals surface area contributed by atoms with E-state index in [0.717, 1.165) is 0 Å². The molecular formula is C13H27N3O3. The summed E-state index contributed by atoms with van der Waals surface area (Å²) in [6.07, 6.45) is 0.989.